The molecule has 3 nitrogen and oxygen atoms in total. The number of carbonyl (C=O) groups is 1. The normalized spacial score (nSPS) is 26.9. The Kier molecular flexibility index (Phi) is 1.17. The van der Waals surface area contributed by atoms with Gasteiger partial charge in [-0.1, -0.05) is 0 Å². The highest BCUT2D eigenvalue weighted by Crippen LogP contribution is 2.05. The molecule has 0 aromatic carbocycles. The van der Waals surface area contributed by atoms with Crippen molar-refractivity contribution >= 4 is 5.91 Å². The molecular weight excluding hydrogens is 104 g/mol. The van der Waals surface area contributed by atoms with Crippen molar-refractivity contribution in [1.82, 2.24) is 5.32 Å². The van der Waals surface area contributed by atoms with Crippen LogP contribution in [0.2, 0.25) is 0 Å². The first-order chi connectivity index (χ1) is 3.83. The van der Waals surface area contributed by atoms with Gasteiger partial charge in [0.1, 0.15) is 0 Å². The van der Waals surface area contributed by atoms with Gasteiger partial charge in [-0.2, -0.15) is 5.26 Å². The van der Waals surface area contributed by atoms with E-state index in [4.69, 9.17) is 5.26 Å². The van der Waals surface area contributed by atoms with E-state index < -0.39 is 0 Å². The summed E-state index contributed by atoms with van der Waals surface area (Å²) in [4.78, 5) is 10.4. The van der Waals surface area contributed by atoms with Crippen LogP contribution in [0, 0.1) is 17.2 Å². The maximum atomic E-state index is 10.4. The number of amides is 1. The molecule has 0 unspecified atom stereocenters. The quantitative estimate of drug-likeness (QED) is 0.463. The minimum Gasteiger partial charge on any atom is -0.355 e. The van der Waals surface area contributed by atoms with Crippen LogP contribution in [0.25, 0.3) is 0 Å². The lowest BCUT2D eigenvalue weighted by Crippen LogP contribution is -2.13. The van der Waals surface area contributed by atoms with Crippen molar-refractivity contribution in [2.45, 2.75) is 6.42 Å². The van der Waals surface area contributed by atoms with Crippen LogP contribution in [0.4, 0.5) is 0 Å². The molecule has 0 aliphatic carbocycles. The van der Waals surface area contributed by atoms with Gasteiger partial charge in [-0.3, -0.25) is 4.79 Å². The summed E-state index contributed by atoms with van der Waals surface area (Å²) >= 11 is 0. The van der Waals surface area contributed by atoms with Crippen LogP contribution in [-0.4, -0.2) is 12.5 Å². The first kappa shape index (κ1) is 5.10. The van der Waals surface area contributed by atoms with Crippen molar-refractivity contribution in [1.29, 1.82) is 5.26 Å². The Balaban J connectivity index is 2.47. The second-order valence-corrected chi connectivity index (χ2v) is 1.83. The van der Waals surface area contributed by atoms with E-state index in [0.29, 0.717) is 13.0 Å². The highest BCUT2D eigenvalue weighted by Gasteiger charge is 2.19. The summed E-state index contributed by atoms with van der Waals surface area (Å²) < 4.78 is 0. The smallest absolute Gasteiger partial charge is 0.221 e. The Labute approximate surface area is 47.3 Å². The Morgan fingerprint density at radius 1 is 1.88 bits per heavy atom. The molecule has 0 bridgehead atoms. The lowest BCUT2D eigenvalue weighted by molar-refractivity contribution is -0.119. The van der Waals surface area contributed by atoms with Gasteiger partial charge in [0.2, 0.25) is 5.91 Å². The second kappa shape index (κ2) is 1.83. The first-order valence-electron chi connectivity index (χ1n) is 2.49. The number of hydrogen-bond acceptors (Lipinski definition) is 2. The molecule has 1 atom stereocenters. The maximum Gasteiger partial charge on any atom is 0.221 e. The molecule has 1 amide bonds. The Morgan fingerprint density at radius 2 is 2.62 bits per heavy atom. The van der Waals surface area contributed by atoms with Crippen molar-refractivity contribution in [2.24, 2.45) is 5.92 Å². The molecule has 42 valence electrons. The predicted molar refractivity (Wildman–Crippen MR) is 26.7 cm³/mol. The van der Waals surface area contributed by atoms with Crippen molar-refractivity contribution < 1.29 is 4.79 Å². The largest absolute Gasteiger partial charge is 0.355 e. The molecule has 1 saturated heterocycles. The lowest BCUT2D eigenvalue weighted by Gasteiger charge is -1.85. The van der Waals surface area contributed by atoms with Crippen LogP contribution >= 0.6 is 0 Å². The van der Waals surface area contributed by atoms with Crippen LogP contribution in [0.5, 0.6) is 0 Å². The summed E-state index contributed by atoms with van der Waals surface area (Å²) in [6.45, 7) is 0.537. The van der Waals surface area contributed by atoms with Crippen LogP contribution in [-0.2, 0) is 4.79 Å². The molecule has 1 heterocycles. The monoisotopic (exact) mass is 110 g/mol. The Hall–Kier alpha value is -1.04. The number of rotatable bonds is 0. The van der Waals surface area contributed by atoms with Crippen molar-refractivity contribution in [2.75, 3.05) is 6.54 Å². The number of hydrogen-bond donors (Lipinski definition) is 1. The minimum absolute atomic E-state index is 0.00319. The van der Waals surface area contributed by atoms with E-state index in [1.807, 2.05) is 6.07 Å². The molecule has 0 spiro atoms. The third-order valence-electron chi connectivity index (χ3n) is 1.16. The molecule has 1 aliphatic rings. The molecule has 8 heavy (non-hydrogen) atoms. The predicted octanol–water partition coefficient (Wildman–Crippen LogP) is -0.354. The van der Waals surface area contributed by atoms with Gasteiger partial charge in [0.05, 0.1) is 12.0 Å². The van der Waals surface area contributed by atoms with Gasteiger partial charge >= 0.3 is 0 Å². The molecule has 1 N–H and O–H groups in total. The van der Waals surface area contributed by atoms with E-state index in [2.05, 4.69) is 5.32 Å². The number of nitrogens with zero attached hydrogens (tertiary/aromatic N) is 1. The van der Waals surface area contributed by atoms with Crippen LogP contribution in [0.1, 0.15) is 6.42 Å². The summed E-state index contributed by atoms with van der Waals surface area (Å²) in [6.07, 6.45) is 0.385. The molecule has 1 aliphatic heterocycles. The van der Waals surface area contributed by atoms with Gasteiger partial charge in [-0.15, -0.1) is 0 Å². The van der Waals surface area contributed by atoms with E-state index in [1.54, 1.807) is 0 Å². The average molecular weight is 110 g/mol. The van der Waals surface area contributed by atoms with Crippen molar-refractivity contribution in [3.63, 3.8) is 0 Å². The fourth-order valence-electron chi connectivity index (χ4n) is 0.696. The zero-order chi connectivity index (χ0) is 5.98. The molecule has 0 saturated carbocycles. The fraction of sp³-hybridized carbons (Fsp3) is 0.600. The first-order valence-corrected chi connectivity index (χ1v) is 2.49. The maximum absolute atomic E-state index is 10.4. The third-order valence-corrected chi connectivity index (χ3v) is 1.16. The number of nitrogens with one attached hydrogen (secondary N) is 1. The van der Waals surface area contributed by atoms with Gasteiger partial charge in [-0.05, 0) is 0 Å². The summed E-state index contributed by atoms with van der Waals surface area (Å²) in [5.74, 6) is -0.0842. The van der Waals surface area contributed by atoms with E-state index >= 15 is 0 Å². The highest BCUT2D eigenvalue weighted by molar-refractivity contribution is 5.78. The summed E-state index contributed by atoms with van der Waals surface area (Å²) in [5.41, 5.74) is 0. The third kappa shape index (κ3) is 0.784. The summed E-state index contributed by atoms with van der Waals surface area (Å²) in [6, 6.07) is 2.01. The van der Waals surface area contributed by atoms with Crippen LogP contribution in [0.3, 0.4) is 0 Å². The standard InChI is InChI=1S/C5H6N2O/c6-2-4-1-5(8)7-3-4/h4H,1,3H2,(H,7,8)/t4-/m1/s1. The Bertz CT molecular complexity index is 147. The van der Waals surface area contributed by atoms with Gasteiger partial charge in [0.15, 0.2) is 0 Å². The zero-order valence-corrected chi connectivity index (χ0v) is 4.35. The van der Waals surface area contributed by atoms with Crippen molar-refractivity contribution in [3.05, 3.63) is 0 Å². The SMILES string of the molecule is N#C[C@@H]1CNC(=O)C1. The van der Waals surface area contributed by atoms with E-state index in [9.17, 15) is 4.79 Å². The van der Waals surface area contributed by atoms with E-state index in [1.165, 1.54) is 0 Å². The molecule has 1 rings (SSSR count). The lowest BCUT2D eigenvalue weighted by atomic mass is 10.1. The van der Waals surface area contributed by atoms with Crippen LogP contribution < -0.4 is 5.32 Å². The van der Waals surface area contributed by atoms with E-state index in [0.717, 1.165) is 0 Å². The van der Waals surface area contributed by atoms with Gasteiger partial charge in [0, 0.05) is 13.0 Å². The summed E-state index contributed by atoms with van der Waals surface area (Å²) in [7, 11) is 0. The molecule has 1 fully saturated rings. The number of carbonyl (C=O) groups excluding carboxylic acids is 1. The van der Waals surface area contributed by atoms with Crippen molar-refractivity contribution in [3.8, 4) is 6.07 Å². The molecular formula is C5H6N2O. The molecule has 0 aromatic rings. The second-order valence-electron chi connectivity index (χ2n) is 1.83. The topological polar surface area (TPSA) is 52.9 Å². The minimum atomic E-state index is -0.0810. The molecule has 0 aromatic heterocycles. The Morgan fingerprint density at radius 3 is 2.88 bits per heavy atom. The number of nitriles is 1. The highest BCUT2D eigenvalue weighted by atomic mass is 16.1. The molecule has 0 radical (unpaired) electrons. The summed E-state index contributed by atoms with van der Waals surface area (Å²) in [5, 5.41) is 10.8. The van der Waals surface area contributed by atoms with Gasteiger partial charge in [-0.25, -0.2) is 0 Å². The van der Waals surface area contributed by atoms with Gasteiger partial charge < -0.3 is 5.32 Å². The molecule has 3 heteroatoms. The average Bonchev–Trinajstić information content (AvgIpc) is 2.14. The van der Waals surface area contributed by atoms with Gasteiger partial charge in [0.25, 0.3) is 0 Å². The van der Waals surface area contributed by atoms with Crippen LogP contribution in [0.15, 0.2) is 0 Å². The fourth-order valence-corrected chi connectivity index (χ4v) is 0.696. The zero-order valence-electron chi connectivity index (χ0n) is 4.35. The van der Waals surface area contributed by atoms with E-state index in [-0.39, 0.29) is 11.8 Å².